The Balaban J connectivity index is 2.72. The second kappa shape index (κ2) is 7.82. The summed E-state index contributed by atoms with van der Waals surface area (Å²) in [7, 11) is 2.10. The summed E-state index contributed by atoms with van der Waals surface area (Å²) >= 11 is 0. The SMILES string of the molecule is CC(C)C(CN)C(=O)N(CCO)C1CCN(C)CC1. The van der Waals surface area contributed by atoms with Gasteiger partial charge in [-0.3, -0.25) is 4.79 Å². The van der Waals surface area contributed by atoms with Crippen molar-refractivity contribution in [1.82, 2.24) is 9.80 Å². The van der Waals surface area contributed by atoms with Crippen LogP contribution >= 0.6 is 0 Å². The molecule has 5 nitrogen and oxygen atoms in total. The molecule has 19 heavy (non-hydrogen) atoms. The number of nitrogens with zero attached hydrogens (tertiary/aromatic N) is 2. The zero-order chi connectivity index (χ0) is 14.4. The van der Waals surface area contributed by atoms with Crippen LogP contribution < -0.4 is 5.73 Å². The van der Waals surface area contributed by atoms with Crippen molar-refractivity contribution in [3.05, 3.63) is 0 Å². The molecule has 3 N–H and O–H groups in total. The third-order valence-corrected chi connectivity index (χ3v) is 4.13. The molecule has 1 heterocycles. The van der Waals surface area contributed by atoms with Crippen molar-refractivity contribution in [3.8, 4) is 0 Å². The van der Waals surface area contributed by atoms with E-state index < -0.39 is 0 Å². The summed E-state index contributed by atoms with van der Waals surface area (Å²) in [6, 6.07) is 0.253. The van der Waals surface area contributed by atoms with Gasteiger partial charge in [0.1, 0.15) is 0 Å². The number of amides is 1. The van der Waals surface area contributed by atoms with Crippen LogP contribution in [0.4, 0.5) is 0 Å². The maximum atomic E-state index is 12.6. The molecule has 1 saturated heterocycles. The zero-order valence-corrected chi connectivity index (χ0v) is 12.5. The van der Waals surface area contributed by atoms with Gasteiger partial charge in [-0.25, -0.2) is 0 Å². The van der Waals surface area contributed by atoms with Crippen LogP contribution in [0, 0.1) is 11.8 Å². The van der Waals surface area contributed by atoms with Crippen LogP contribution in [0.1, 0.15) is 26.7 Å². The lowest BCUT2D eigenvalue weighted by Crippen LogP contribution is -2.51. The molecular formula is C14H29N3O2. The lowest BCUT2D eigenvalue weighted by molar-refractivity contribution is -0.140. The van der Waals surface area contributed by atoms with Crippen molar-refractivity contribution < 1.29 is 9.90 Å². The van der Waals surface area contributed by atoms with Crippen LogP contribution in [0.15, 0.2) is 0 Å². The van der Waals surface area contributed by atoms with Crippen LogP contribution in [-0.2, 0) is 4.79 Å². The highest BCUT2D eigenvalue weighted by molar-refractivity contribution is 5.79. The number of likely N-dealkylation sites (tertiary alicyclic amines) is 1. The largest absolute Gasteiger partial charge is 0.395 e. The summed E-state index contributed by atoms with van der Waals surface area (Å²) in [5, 5.41) is 9.23. The van der Waals surface area contributed by atoms with Gasteiger partial charge in [-0.2, -0.15) is 0 Å². The molecule has 1 atom stereocenters. The predicted molar refractivity (Wildman–Crippen MR) is 76.7 cm³/mol. The number of hydrogen-bond donors (Lipinski definition) is 2. The lowest BCUT2D eigenvalue weighted by Gasteiger charge is -2.39. The summed E-state index contributed by atoms with van der Waals surface area (Å²) in [6.45, 7) is 6.90. The number of carbonyl (C=O) groups excluding carboxylic acids is 1. The molecule has 0 bridgehead atoms. The topological polar surface area (TPSA) is 69.8 Å². The van der Waals surface area contributed by atoms with E-state index in [0.29, 0.717) is 13.1 Å². The second-order valence-corrected chi connectivity index (χ2v) is 5.88. The summed E-state index contributed by atoms with van der Waals surface area (Å²) in [4.78, 5) is 16.8. The molecule has 0 spiro atoms. The van der Waals surface area contributed by atoms with Crippen LogP contribution in [-0.4, -0.2) is 66.7 Å². The van der Waals surface area contributed by atoms with Gasteiger partial charge in [-0.1, -0.05) is 13.8 Å². The minimum absolute atomic E-state index is 0.0213. The minimum atomic E-state index is -0.133. The first-order chi connectivity index (χ1) is 9.01. The molecule has 0 radical (unpaired) electrons. The number of aliphatic hydroxyl groups excluding tert-OH is 1. The molecule has 0 aliphatic carbocycles. The molecule has 1 fully saturated rings. The Kier molecular flexibility index (Phi) is 6.75. The Morgan fingerprint density at radius 3 is 2.42 bits per heavy atom. The van der Waals surface area contributed by atoms with Crippen LogP contribution in [0.5, 0.6) is 0 Å². The highest BCUT2D eigenvalue weighted by Crippen LogP contribution is 2.20. The molecule has 0 aromatic rings. The molecule has 1 unspecified atom stereocenters. The fourth-order valence-corrected chi connectivity index (χ4v) is 2.76. The molecule has 0 saturated carbocycles. The quantitative estimate of drug-likeness (QED) is 0.720. The van der Waals surface area contributed by atoms with Crippen molar-refractivity contribution in [1.29, 1.82) is 0 Å². The minimum Gasteiger partial charge on any atom is -0.395 e. The molecule has 5 heteroatoms. The smallest absolute Gasteiger partial charge is 0.227 e. The predicted octanol–water partition coefficient (Wildman–Crippen LogP) is 0.132. The molecule has 1 amide bonds. The molecule has 1 aliphatic heterocycles. The summed E-state index contributed by atoms with van der Waals surface area (Å²) < 4.78 is 0. The van der Waals surface area contributed by atoms with Gasteiger partial charge in [-0.15, -0.1) is 0 Å². The Morgan fingerprint density at radius 2 is 2.00 bits per heavy atom. The Hall–Kier alpha value is -0.650. The lowest BCUT2D eigenvalue weighted by atomic mass is 9.92. The van der Waals surface area contributed by atoms with Crippen molar-refractivity contribution in [3.63, 3.8) is 0 Å². The van der Waals surface area contributed by atoms with E-state index in [1.165, 1.54) is 0 Å². The number of aliphatic hydroxyl groups is 1. The maximum Gasteiger partial charge on any atom is 0.227 e. The van der Waals surface area contributed by atoms with Crippen molar-refractivity contribution in [2.45, 2.75) is 32.7 Å². The maximum absolute atomic E-state index is 12.6. The highest BCUT2D eigenvalue weighted by atomic mass is 16.3. The number of piperidine rings is 1. The van der Waals surface area contributed by atoms with E-state index in [9.17, 15) is 9.90 Å². The van der Waals surface area contributed by atoms with Gasteiger partial charge in [0.15, 0.2) is 0 Å². The third-order valence-electron chi connectivity index (χ3n) is 4.13. The number of hydrogen-bond acceptors (Lipinski definition) is 4. The normalized spacial score (nSPS) is 19.7. The van der Waals surface area contributed by atoms with E-state index in [2.05, 4.69) is 11.9 Å². The first-order valence-corrected chi connectivity index (χ1v) is 7.31. The highest BCUT2D eigenvalue weighted by Gasteiger charge is 2.31. The number of rotatable bonds is 6. The van der Waals surface area contributed by atoms with Crippen LogP contribution in [0.25, 0.3) is 0 Å². The van der Waals surface area contributed by atoms with Gasteiger partial charge in [0.2, 0.25) is 5.91 Å². The van der Waals surface area contributed by atoms with Crippen molar-refractivity contribution in [2.75, 3.05) is 39.8 Å². The van der Waals surface area contributed by atoms with Crippen molar-refractivity contribution >= 4 is 5.91 Å². The van der Waals surface area contributed by atoms with Gasteiger partial charge in [0.05, 0.1) is 12.5 Å². The van der Waals surface area contributed by atoms with E-state index in [0.717, 1.165) is 25.9 Å². The third kappa shape index (κ3) is 4.44. The van der Waals surface area contributed by atoms with Crippen LogP contribution in [0.3, 0.4) is 0 Å². The fourth-order valence-electron chi connectivity index (χ4n) is 2.76. The van der Waals surface area contributed by atoms with Gasteiger partial charge in [0, 0.05) is 19.1 Å². The van der Waals surface area contributed by atoms with E-state index in [4.69, 9.17) is 5.73 Å². The number of nitrogens with two attached hydrogens (primary N) is 1. The van der Waals surface area contributed by atoms with Gasteiger partial charge in [0.25, 0.3) is 0 Å². The summed E-state index contributed by atoms with van der Waals surface area (Å²) in [6.07, 6.45) is 1.97. The first-order valence-electron chi connectivity index (χ1n) is 7.31. The average Bonchev–Trinajstić information content (AvgIpc) is 2.37. The van der Waals surface area contributed by atoms with Gasteiger partial charge >= 0.3 is 0 Å². The zero-order valence-electron chi connectivity index (χ0n) is 12.5. The Labute approximate surface area is 116 Å². The Bertz CT molecular complexity index is 276. The number of carbonyl (C=O) groups is 1. The monoisotopic (exact) mass is 271 g/mol. The molecule has 1 rings (SSSR count). The summed E-state index contributed by atoms with van der Waals surface area (Å²) in [5.41, 5.74) is 5.74. The van der Waals surface area contributed by atoms with Crippen molar-refractivity contribution in [2.24, 2.45) is 17.6 Å². The molecule has 0 aromatic carbocycles. The molecule has 112 valence electrons. The van der Waals surface area contributed by atoms with Gasteiger partial charge in [-0.05, 0) is 38.9 Å². The van der Waals surface area contributed by atoms with E-state index in [1.54, 1.807) is 0 Å². The second-order valence-electron chi connectivity index (χ2n) is 5.88. The van der Waals surface area contributed by atoms with Crippen LogP contribution in [0.2, 0.25) is 0 Å². The fraction of sp³-hybridized carbons (Fsp3) is 0.929. The Morgan fingerprint density at radius 1 is 1.42 bits per heavy atom. The summed E-state index contributed by atoms with van der Waals surface area (Å²) in [5.74, 6) is 0.220. The van der Waals surface area contributed by atoms with E-state index in [1.807, 2.05) is 18.7 Å². The van der Waals surface area contributed by atoms with Gasteiger partial charge < -0.3 is 20.6 Å². The molecule has 0 aromatic heterocycles. The first kappa shape index (κ1) is 16.4. The van der Waals surface area contributed by atoms with E-state index >= 15 is 0 Å². The standard InChI is InChI=1S/C14H29N3O2/c1-11(2)13(10-15)14(19)17(8-9-18)12-4-6-16(3)7-5-12/h11-13,18H,4-10,15H2,1-3H3. The molecule has 1 aliphatic rings. The average molecular weight is 271 g/mol. The molecular weight excluding hydrogens is 242 g/mol. The van der Waals surface area contributed by atoms with E-state index in [-0.39, 0.29) is 30.4 Å².